The van der Waals surface area contributed by atoms with Crippen LogP contribution in [0.5, 0.6) is 0 Å². The van der Waals surface area contributed by atoms with Gasteiger partial charge in [0.15, 0.2) is 0 Å². The second kappa shape index (κ2) is 5.98. The summed E-state index contributed by atoms with van der Waals surface area (Å²) in [7, 11) is 0. The third kappa shape index (κ3) is 3.33. The summed E-state index contributed by atoms with van der Waals surface area (Å²) in [4.78, 5) is 4.87. The molecule has 1 aromatic heterocycles. The second-order valence-corrected chi connectivity index (χ2v) is 8.46. The molecule has 2 aliphatic heterocycles. The molecule has 118 valence electrons. The Morgan fingerprint density at radius 2 is 2.24 bits per heavy atom. The lowest BCUT2D eigenvalue weighted by Gasteiger charge is -2.28. The van der Waals surface area contributed by atoms with Gasteiger partial charge in [-0.2, -0.15) is 0 Å². The van der Waals surface area contributed by atoms with Crippen molar-refractivity contribution in [2.75, 3.05) is 6.54 Å². The van der Waals surface area contributed by atoms with E-state index in [0.29, 0.717) is 24.2 Å². The molecule has 0 spiro atoms. The Morgan fingerprint density at radius 3 is 2.76 bits per heavy atom. The number of hydrogen-bond acceptors (Lipinski definition) is 4. The van der Waals surface area contributed by atoms with Crippen molar-refractivity contribution in [1.29, 1.82) is 0 Å². The van der Waals surface area contributed by atoms with Gasteiger partial charge in [-0.25, -0.2) is 4.98 Å². The van der Waals surface area contributed by atoms with Gasteiger partial charge in [0.05, 0.1) is 22.9 Å². The Labute approximate surface area is 132 Å². The summed E-state index contributed by atoms with van der Waals surface area (Å²) in [6.45, 7) is 9.92. The molecule has 0 saturated carbocycles. The predicted octanol–water partition coefficient (Wildman–Crippen LogP) is 3.53. The van der Waals surface area contributed by atoms with E-state index in [4.69, 9.17) is 9.72 Å². The van der Waals surface area contributed by atoms with E-state index >= 15 is 0 Å². The number of aromatic nitrogens is 1. The van der Waals surface area contributed by atoms with Crippen LogP contribution >= 0.6 is 11.3 Å². The first-order valence-corrected chi connectivity index (χ1v) is 9.19. The number of likely N-dealkylation sites (N-methyl/N-ethyl adjacent to an activating group) is 1. The van der Waals surface area contributed by atoms with E-state index in [1.54, 1.807) is 0 Å². The predicted molar refractivity (Wildman–Crippen MR) is 88.0 cm³/mol. The smallest absolute Gasteiger partial charge is 0.0944 e. The quantitative estimate of drug-likeness (QED) is 0.903. The summed E-state index contributed by atoms with van der Waals surface area (Å²) in [6.07, 6.45) is 5.82. The zero-order valence-corrected chi connectivity index (χ0v) is 14.5. The van der Waals surface area contributed by atoms with Crippen LogP contribution in [0.25, 0.3) is 0 Å². The van der Waals surface area contributed by atoms with Gasteiger partial charge in [0.2, 0.25) is 0 Å². The molecule has 2 aliphatic rings. The van der Waals surface area contributed by atoms with Crippen LogP contribution in [-0.2, 0) is 16.6 Å². The number of rotatable bonds is 5. The minimum absolute atomic E-state index is 0.151. The number of hydrogen-bond donors (Lipinski definition) is 1. The summed E-state index contributed by atoms with van der Waals surface area (Å²) >= 11 is 1.82. The number of nitrogens with one attached hydrogen (secondary N) is 1. The normalized spacial score (nSPS) is 30.0. The Hall–Kier alpha value is -0.450. The highest BCUT2D eigenvalue weighted by atomic mass is 32.1. The molecule has 3 heterocycles. The van der Waals surface area contributed by atoms with Gasteiger partial charge >= 0.3 is 0 Å². The topological polar surface area (TPSA) is 34.2 Å². The lowest BCUT2D eigenvalue weighted by molar-refractivity contribution is 0.0858. The first-order chi connectivity index (χ1) is 9.97. The molecule has 0 amide bonds. The first-order valence-electron chi connectivity index (χ1n) is 8.31. The molecule has 2 saturated heterocycles. The summed E-state index contributed by atoms with van der Waals surface area (Å²) in [6, 6.07) is 0.518. The van der Waals surface area contributed by atoms with Crippen molar-refractivity contribution in [3.8, 4) is 0 Å². The highest BCUT2D eigenvalue weighted by molar-refractivity contribution is 7.09. The second-order valence-electron chi connectivity index (χ2n) is 7.52. The van der Waals surface area contributed by atoms with Gasteiger partial charge in [-0.3, -0.25) is 0 Å². The molecule has 4 heteroatoms. The van der Waals surface area contributed by atoms with Gasteiger partial charge < -0.3 is 10.1 Å². The van der Waals surface area contributed by atoms with E-state index in [1.807, 2.05) is 11.3 Å². The molecule has 3 rings (SSSR count). The van der Waals surface area contributed by atoms with Crippen molar-refractivity contribution in [2.24, 2.45) is 5.92 Å². The zero-order chi connectivity index (χ0) is 15.0. The van der Waals surface area contributed by atoms with E-state index in [9.17, 15) is 0 Å². The van der Waals surface area contributed by atoms with Crippen molar-refractivity contribution in [2.45, 2.75) is 77.0 Å². The van der Waals surface area contributed by atoms with Gasteiger partial charge in [-0.15, -0.1) is 11.3 Å². The monoisotopic (exact) mass is 308 g/mol. The average Bonchev–Trinajstić information content (AvgIpc) is 3.13. The van der Waals surface area contributed by atoms with E-state index in [0.717, 1.165) is 13.0 Å². The van der Waals surface area contributed by atoms with E-state index in [2.05, 4.69) is 38.4 Å². The van der Waals surface area contributed by atoms with Crippen LogP contribution < -0.4 is 5.32 Å². The third-order valence-corrected chi connectivity index (χ3v) is 5.72. The molecular weight excluding hydrogens is 280 g/mol. The van der Waals surface area contributed by atoms with Crippen LogP contribution in [0.4, 0.5) is 0 Å². The Bertz CT molecular complexity index is 479. The fourth-order valence-corrected chi connectivity index (χ4v) is 4.76. The molecular formula is C17H28N2OS. The van der Waals surface area contributed by atoms with Gasteiger partial charge in [-0.05, 0) is 25.8 Å². The van der Waals surface area contributed by atoms with Gasteiger partial charge in [0.1, 0.15) is 0 Å². The van der Waals surface area contributed by atoms with Crippen LogP contribution in [0.3, 0.4) is 0 Å². The number of thiazole rings is 1. The van der Waals surface area contributed by atoms with E-state index in [-0.39, 0.29) is 5.41 Å². The van der Waals surface area contributed by atoms with Gasteiger partial charge in [0.25, 0.3) is 0 Å². The molecule has 3 nitrogen and oxygen atoms in total. The molecule has 0 radical (unpaired) electrons. The zero-order valence-electron chi connectivity index (χ0n) is 13.7. The maximum absolute atomic E-state index is 6.05. The van der Waals surface area contributed by atoms with Gasteiger partial charge in [-0.1, -0.05) is 27.7 Å². The summed E-state index contributed by atoms with van der Waals surface area (Å²) < 4.78 is 6.05. The molecule has 2 fully saturated rings. The highest BCUT2D eigenvalue weighted by Crippen LogP contribution is 2.41. The van der Waals surface area contributed by atoms with Crippen molar-refractivity contribution in [3.05, 3.63) is 16.1 Å². The van der Waals surface area contributed by atoms with Crippen LogP contribution in [0.2, 0.25) is 0 Å². The van der Waals surface area contributed by atoms with Crippen molar-refractivity contribution in [1.82, 2.24) is 10.3 Å². The maximum Gasteiger partial charge on any atom is 0.0944 e. The lowest BCUT2D eigenvalue weighted by Crippen LogP contribution is -2.42. The number of ether oxygens (including phenoxy) is 1. The van der Waals surface area contributed by atoms with Crippen LogP contribution in [-0.4, -0.2) is 29.8 Å². The molecule has 2 bridgehead atoms. The maximum atomic E-state index is 6.05. The fourth-order valence-electron chi connectivity index (χ4n) is 3.67. The third-order valence-electron chi connectivity index (χ3n) is 4.85. The number of nitrogens with zero attached hydrogens (tertiary/aromatic N) is 1. The highest BCUT2D eigenvalue weighted by Gasteiger charge is 2.44. The van der Waals surface area contributed by atoms with Crippen LogP contribution in [0.1, 0.15) is 57.7 Å². The molecule has 1 N–H and O–H groups in total. The molecule has 4 unspecified atom stereocenters. The first kappa shape index (κ1) is 15.4. The summed E-state index contributed by atoms with van der Waals surface area (Å²) in [5.74, 6) is 0.672. The van der Waals surface area contributed by atoms with E-state index < -0.39 is 0 Å². The minimum atomic E-state index is 0.151. The molecule has 0 aliphatic carbocycles. The lowest BCUT2D eigenvalue weighted by atomic mass is 9.82. The molecule has 0 aromatic carbocycles. The SMILES string of the molecule is CCNC(Cc1nc(C(C)(C)C)cs1)C1CC2CCC1O2. The number of fused-ring (bicyclic) bond motifs is 2. The van der Waals surface area contributed by atoms with E-state index in [1.165, 1.54) is 30.0 Å². The largest absolute Gasteiger partial charge is 0.375 e. The fraction of sp³-hybridized carbons (Fsp3) is 0.824. The molecule has 4 atom stereocenters. The van der Waals surface area contributed by atoms with Crippen LogP contribution in [0, 0.1) is 5.92 Å². The average molecular weight is 308 g/mol. The molecule has 1 aromatic rings. The Kier molecular flexibility index (Phi) is 4.40. The standard InChI is InChI=1S/C17H28N2OS/c1-5-18-13(12-8-11-6-7-14(12)20-11)9-16-19-15(10-21-16)17(2,3)4/h10-14,18H,5-9H2,1-4H3. The van der Waals surface area contributed by atoms with Gasteiger partial charge in [0, 0.05) is 29.2 Å². The van der Waals surface area contributed by atoms with Crippen molar-refractivity contribution < 1.29 is 4.74 Å². The Balaban J connectivity index is 1.69. The Morgan fingerprint density at radius 1 is 1.43 bits per heavy atom. The molecule has 21 heavy (non-hydrogen) atoms. The van der Waals surface area contributed by atoms with Crippen LogP contribution in [0.15, 0.2) is 5.38 Å². The van der Waals surface area contributed by atoms with Crippen molar-refractivity contribution in [3.63, 3.8) is 0 Å². The minimum Gasteiger partial charge on any atom is -0.375 e. The van der Waals surface area contributed by atoms with Crippen molar-refractivity contribution >= 4 is 11.3 Å². The summed E-state index contributed by atoms with van der Waals surface area (Å²) in [5, 5.41) is 7.20. The summed E-state index contributed by atoms with van der Waals surface area (Å²) in [5.41, 5.74) is 1.37.